The number of ether oxygens (including phenoxy) is 5. The van der Waals surface area contributed by atoms with Crippen molar-refractivity contribution in [3.63, 3.8) is 0 Å². The first-order valence-corrected chi connectivity index (χ1v) is 10.6. The van der Waals surface area contributed by atoms with E-state index in [2.05, 4.69) is 0 Å². The van der Waals surface area contributed by atoms with Crippen LogP contribution in [0.3, 0.4) is 0 Å². The molecule has 0 unspecified atom stereocenters. The Labute approximate surface area is 192 Å². The molecular formula is C18H32O16. The predicted octanol–water partition coefficient (Wildman–Crippen LogP) is -7.57. The van der Waals surface area contributed by atoms with Crippen LogP contribution in [0, 0.1) is 0 Å². The van der Waals surface area contributed by atoms with Gasteiger partial charge in [-0.15, -0.1) is 0 Å². The van der Waals surface area contributed by atoms with Gasteiger partial charge in [0.2, 0.25) is 5.79 Å². The Bertz CT molecular complexity index is 651. The van der Waals surface area contributed by atoms with Crippen LogP contribution in [0.2, 0.25) is 0 Å². The van der Waals surface area contributed by atoms with E-state index in [4.69, 9.17) is 23.7 Å². The minimum Gasteiger partial charge on any atom is -0.394 e. The normalized spacial score (nSPS) is 52.5. The quantitative estimate of drug-likeness (QED) is 0.154. The summed E-state index contributed by atoms with van der Waals surface area (Å²) < 4.78 is 26.5. The highest BCUT2D eigenvalue weighted by Gasteiger charge is 2.56. The van der Waals surface area contributed by atoms with Crippen molar-refractivity contribution in [3.8, 4) is 0 Å². The van der Waals surface area contributed by atoms with E-state index in [1.807, 2.05) is 0 Å². The molecule has 0 amide bonds. The minimum atomic E-state index is -2.37. The average molecular weight is 504 g/mol. The van der Waals surface area contributed by atoms with Crippen molar-refractivity contribution in [2.75, 3.05) is 26.4 Å². The fourth-order valence-electron chi connectivity index (χ4n) is 4.01. The van der Waals surface area contributed by atoms with Gasteiger partial charge >= 0.3 is 0 Å². The summed E-state index contributed by atoms with van der Waals surface area (Å²) in [6.45, 7) is -3.21. The number of aliphatic hydroxyl groups excluding tert-OH is 11. The molecule has 0 saturated carbocycles. The maximum Gasteiger partial charge on any atom is 0.223 e. The minimum absolute atomic E-state index is 0.559. The van der Waals surface area contributed by atoms with Crippen molar-refractivity contribution < 1.29 is 79.9 Å². The van der Waals surface area contributed by atoms with E-state index in [1.54, 1.807) is 0 Å². The Balaban J connectivity index is 1.74. The lowest BCUT2D eigenvalue weighted by Crippen LogP contribution is -2.69. The van der Waals surface area contributed by atoms with Crippen LogP contribution in [0.15, 0.2) is 0 Å². The van der Waals surface area contributed by atoms with Gasteiger partial charge in [0.05, 0.1) is 19.8 Å². The third kappa shape index (κ3) is 5.09. The lowest BCUT2D eigenvalue weighted by molar-refractivity contribution is -0.422. The largest absolute Gasteiger partial charge is 0.394 e. The fraction of sp³-hybridized carbons (Fsp3) is 1.00. The van der Waals surface area contributed by atoms with E-state index in [0.29, 0.717) is 0 Å². The maximum atomic E-state index is 10.6. The Hall–Kier alpha value is -0.640. The number of hydrogen-bond acceptors (Lipinski definition) is 16. The lowest BCUT2D eigenvalue weighted by Gasteiger charge is -2.49. The molecule has 14 atom stereocenters. The first kappa shape index (κ1) is 27.9. The van der Waals surface area contributed by atoms with Crippen LogP contribution in [0.4, 0.5) is 0 Å². The number of aliphatic hydroxyl groups is 11. The van der Waals surface area contributed by atoms with Gasteiger partial charge in [0, 0.05) is 0 Å². The Kier molecular flexibility index (Phi) is 9.18. The molecule has 3 aliphatic heterocycles. The second-order valence-electron chi connectivity index (χ2n) is 8.41. The van der Waals surface area contributed by atoms with Gasteiger partial charge in [-0.1, -0.05) is 0 Å². The van der Waals surface area contributed by atoms with Crippen molar-refractivity contribution in [2.45, 2.75) is 85.5 Å². The molecule has 3 aliphatic rings. The summed E-state index contributed by atoms with van der Waals surface area (Å²) in [6.07, 6.45) is -22.4. The van der Waals surface area contributed by atoms with Gasteiger partial charge < -0.3 is 79.9 Å². The lowest BCUT2D eigenvalue weighted by atomic mass is 9.95. The van der Waals surface area contributed by atoms with Gasteiger partial charge in [-0.2, -0.15) is 0 Å². The van der Waals surface area contributed by atoms with Gasteiger partial charge in [-0.05, 0) is 0 Å². The van der Waals surface area contributed by atoms with Gasteiger partial charge in [0.15, 0.2) is 12.6 Å². The van der Waals surface area contributed by atoms with Gasteiger partial charge in [0.1, 0.15) is 73.8 Å². The second-order valence-corrected chi connectivity index (χ2v) is 8.41. The first-order chi connectivity index (χ1) is 16.0. The molecule has 200 valence electrons. The predicted molar refractivity (Wildman–Crippen MR) is 101 cm³/mol. The zero-order chi connectivity index (χ0) is 25.4. The smallest absolute Gasteiger partial charge is 0.223 e. The molecule has 0 aromatic heterocycles. The van der Waals surface area contributed by atoms with Crippen molar-refractivity contribution in [3.05, 3.63) is 0 Å². The molecule has 3 fully saturated rings. The van der Waals surface area contributed by atoms with E-state index >= 15 is 0 Å². The highest BCUT2D eigenvalue weighted by molar-refractivity contribution is 4.97. The monoisotopic (exact) mass is 504 g/mol. The van der Waals surface area contributed by atoms with Gasteiger partial charge in [-0.3, -0.25) is 0 Å². The molecule has 3 rings (SSSR count). The standard InChI is InChI=1S/C18H32O16/c19-1-6-9(24)10(25)12(27)16(31-6)33-14-7(2-20)32-17(13(28)11(14)26)34-18(4-21)15(29)8(23)5(22)3-30-18/h5-17,19-29H,1-4H2/t5-,6-,7-,8-,9-,10+,11-,12-,13-,14-,15+,16+,17+,18+/m1/s1. The summed E-state index contributed by atoms with van der Waals surface area (Å²) in [5.41, 5.74) is 0. The third-order valence-corrected chi connectivity index (χ3v) is 6.16. The van der Waals surface area contributed by atoms with Crippen LogP contribution in [-0.2, 0) is 23.7 Å². The molecular weight excluding hydrogens is 472 g/mol. The highest BCUT2D eigenvalue weighted by atomic mass is 16.8. The fourth-order valence-corrected chi connectivity index (χ4v) is 4.01. The molecule has 11 N–H and O–H groups in total. The van der Waals surface area contributed by atoms with Crippen molar-refractivity contribution in [1.29, 1.82) is 0 Å². The van der Waals surface area contributed by atoms with Gasteiger partial charge in [0.25, 0.3) is 0 Å². The number of hydrogen-bond donors (Lipinski definition) is 11. The van der Waals surface area contributed by atoms with Crippen LogP contribution in [0.5, 0.6) is 0 Å². The molecule has 16 heteroatoms. The summed E-state index contributed by atoms with van der Waals surface area (Å²) >= 11 is 0. The van der Waals surface area contributed by atoms with E-state index in [0.717, 1.165) is 0 Å². The number of rotatable bonds is 7. The van der Waals surface area contributed by atoms with E-state index in [-0.39, 0.29) is 0 Å². The molecule has 3 saturated heterocycles. The van der Waals surface area contributed by atoms with Gasteiger partial charge in [-0.25, -0.2) is 0 Å². The van der Waals surface area contributed by atoms with Crippen molar-refractivity contribution in [2.24, 2.45) is 0 Å². The second kappa shape index (κ2) is 11.2. The molecule has 0 spiro atoms. The van der Waals surface area contributed by atoms with Crippen LogP contribution < -0.4 is 0 Å². The molecule has 3 heterocycles. The first-order valence-electron chi connectivity index (χ1n) is 10.6. The molecule has 0 aromatic rings. The summed E-state index contributed by atoms with van der Waals surface area (Å²) in [5.74, 6) is -2.37. The average Bonchev–Trinajstić information content (AvgIpc) is 2.84. The zero-order valence-electron chi connectivity index (χ0n) is 17.8. The molecule has 16 nitrogen and oxygen atoms in total. The topological polar surface area (TPSA) is 269 Å². The summed E-state index contributed by atoms with van der Waals surface area (Å²) in [7, 11) is 0. The van der Waals surface area contributed by atoms with Crippen LogP contribution in [0.25, 0.3) is 0 Å². The van der Waals surface area contributed by atoms with E-state index in [9.17, 15) is 56.2 Å². The molecule has 0 aliphatic carbocycles. The zero-order valence-corrected chi connectivity index (χ0v) is 17.8. The Morgan fingerprint density at radius 1 is 0.676 bits per heavy atom. The Morgan fingerprint density at radius 3 is 1.85 bits per heavy atom. The van der Waals surface area contributed by atoms with Crippen LogP contribution >= 0.6 is 0 Å². The summed E-state index contributed by atoms with van der Waals surface area (Å²) in [6, 6.07) is 0. The molecule has 34 heavy (non-hydrogen) atoms. The van der Waals surface area contributed by atoms with E-state index in [1.165, 1.54) is 0 Å². The Morgan fingerprint density at radius 2 is 1.26 bits per heavy atom. The SMILES string of the molecule is OC[C@H]1O[C@@H](O[C@H]2[C@H](O)[C@@H](O)[C@H](O[C@]3(CO)OC[C@@H](O)[C@@H](O)[C@@H]3O)O[C@@H]2CO)[C@H](O)[C@@H](O)[C@@H]1O. The molecule has 0 radical (unpaired) electrons. The summed E-state index contributed by atoms with van der Waals surface area (Å²) in [4.78, 5) is 0. The maximum absolute atomic E-state index is 10.6. The summed E-state index contributed by atoms with van der Waals surface area (Å²) in [5, 5.41) is 110. The van der Waals surface area contributed by atoms with Crippen LogP contribution in [-0.4, -0.2) is 168 Å². The molecule has 0 aromatic carbocycles. The van der Waals surface area contributed by atoms with E-state index < -0.39 is 112 Å². The van der Waals surface area contributed by atoms with Crippen molar-refractivity contribution in [1.82, 2.24) is 0 Å². The molecule has 0 bridgehead atoms. The van der Waals surface area contributed by atoms with Crippen LogP contribution in [0.1, 0.15) is 0 Å². The third-order valence-electron chi connectivity index (χ3n) is 6.16. The highest BCUT2D eigenvalue weighted by Crippen LogP contribution is 2.34. The van der Waals surface area contributed by atoms with Crippen molar-refractivity contribution >= 4 is 0 Å².